The lowest BCUT2D eigenvalue weighted by atomic mass is 10.0. The summed E-state index contributed by atoms with van der Waals surface area (Å²) in [6.45, 7) is 2.81. The minimum Gasteiger partial charge on any atom is -0.480 e. The molecule has 0 fully saturated rings. The molecule has 0 saturated carbocycles. The summed E-state index contributed by atoms with van der Waals surface area (Å²) in [5.41, 5.74) is 5.33. The van der Waals surface area contributed by atoms with Gasteiger partial charge in [0.15, 0.2) is 6.10 Å². The highest BCUT2D eigenvalue weighted by molar-refractivity contribution is 7.47. The summed E-state index contributed by atoms with van der Waals surface area (Å²) < 4.78 is 32.7. The van der Waals surface area contributed by atoms with E-state index in [0.29, 0.717) is 12.8 Å². The molecule has 3 unspecified atom stereocenters. The Hall–Kier alpha value is -1.78. The summed E-state index contributed by atoms with van der Waals surface area (Å²) in [6.07, 6.45) is 37.0. The number of ether oxygens (including phenoxy) is 2. The first kappa shape index (κ1) is 52.2. The average molecular weight is 790 g/mol. The predicted molar refractivity (Wildman–Crippen MR) is 217 cm³/mol. The maximum atomic E-state index is 12.6. The van der Waals surface area contributed by atoms with Gasteiger partial charge in [0.05, 0.1) is 13.2 Å². The molecule has 0 aromatic heterocycles. The number of unbranched alkanes of at least 4 members (excludes halogenated alkanes) is 25. The van der Waals surface area contributed by atoms with Gasteiger partial charge >= 0.3 is 25.7 Å². The van der Waals surface area contributed by atoms with Gasteiger partial charge in [-0.25, -0.2) is 4.57 Å². The van der Waals surface area contributed by atoms with Crippen LogP contribution < -0.4 is 5.73 Å². The van der Waals surface area contributed by atoms with Gasteiger partial charge in [-0.2, -0.15) is 0 Å². The van der Waals surface area contributed by atoms with Gasteiger partial charge in [0, 0.05) is 12.8 Å². The van der Waals surface area contributed by atoms with Crippen LogP contribution in [0.1, 0.15) is 206 Å². The lowest BCUT2D eigenvalue weighted by molar-refractivity contribution is -0.161. The number of nitrogens with two attached hydrogens (primary N) is 1. The fraction of sp³-hybridized carbons (Fsp3) is 0.881. The third kappa shape index (κ3) is 37.2. The van der Waals surface area contributed by atoms with Crippen molar-refractivity contribution < 1.29 is 47.5 Å². The van der Waals surface area contributed by atoms with E-state index in [2.05, 4.69) is 30.5 Å². The lowest BCUT2D eigenvalue weighted by Gasteiger charge is -2.20. The van der Waals surface area contributed by atoms with Crippen LogP contribution in [0.5, 0.6) is 0 Å². The third-order valence-electron chi connectivity index (χ3n) is 9.51. The number of hydrogen-bond acceptors (Lipinski definition) is 9. The van der Waals surface area contributed by atoms with Crippen LogP contribution in [0.4, 0.5) is 0 Å². The van der Waals surface area contributed by atoms with Crippen molar-refractivity contribution in [1.29, 1.82) is 0 Å². The molecule has 0 aromatic carbocycles. The first-order valence-electron chi connectivity index (χ1n) is 21.7. The second-order valence-electron chi connectivity index (χ2n) is 14.8. The molecule has 0 aliphatic heterocycles. The Morgan fingerprint density at radius 2 is 0.926 bits per heavy atom. The quantitative estimate of drug-likeness (QED) is 0.0233. The molecule has 0 aliphatic carbocycles. The van der Waals surface area contributed by atoms with E-state index in [-0.39, 0.29) is 19.4 Å². The van der Waals surface area contributed by atoms with Gasteiger partial charge in [-0.3, -0.25) is 23.4 Å². The zero-order valence-corrected chi connectivity index (χ0v) is 35.2. The average Bonchev–Trinajstić information content (AvgIpc) is 3.14. The summed E-state index contributed by atoms with van der Waals surface area (Å²) in [5.74, 6) is -2.38. The predicted octanol–water partition coefficient (Wildman–Crippen LogP) is 11.3. The van der Waals surface area contributed by atoms with Crippen molar-refractivity contribution in [2.24, 2.45) is 5.73 Å². The second-order valence-corrected chi connectivity index (χ2v) is 16.3. The molecule has 0 bridgehead atoms. The second kappa shape index (κ2) is 38.1. The minimum absolute atomic E-state index is 0.155. The van der Waals surface area contributed by atoms with Gasteiger partial charge in [-0.15, -0.1) is 0 Å². The van der Waals surface area contributed by atoms with Crippen molar-refractivity contribution in [3.63, 3.8) is 0 Å². The van der Waals surface area contributed by atoms with Gasteiger partial charge < -0.3 is 25.2 Å². The summed E-state index contributed by atoms with van der Waals surface area (Å²) >= 11 is 0. The number of rotatable bonds is 41. The number of carbonyl (C=O) groups is 3. The van der Waals surface area contributed by atoms with E-state index in [1.165, 1.54) is 109 Å². The topological polar surface area (TPSA) is 172 Å². The Labute approximate surface area is 328 Å². The van der Waals surface area contributed by atoms with E-state index >= 15 is 0 Å². The van der Waals surface area contributed by atoms with Crippen LogP contribution in [-0.4, -0.2) is 59.9 Å². The van der Waals surface area contributed by atoms with Crippen molar-refractivity contribution >= 4 is 25.7 Å². The first-order valence-corrected chi connectivity index (χ1v) is 23.2. The normalized spacial score (nSPS) is 13.9. The number of phosphoric acid groups is 1. The third-order valence-corrected chi connectivity index (χ3v) is 10.5. The Morgan fingerprint density at radius 1 is 0.556 bits per heavy atom. The van der Waals surface area contributed by atoms with Crippen molar-refractivity contribution in [2.45, 2.75) is 219 Å². The SMILES string of the molecule is CCCCCCCCC/C=C\CCCCCCCC(=O)OC(COC(=O)CCCCCCCCCCCCCCCC)COP(=O)(O)OCC(N)C(=O)O. The van der Waals surface area contributed by atoms with Crippen molar-refractivity contribution in [3.05, 3.63) is 12.2 Å². The highest BCUT2D eigenvalue weighted by Gasteiger charge is 2.28. The number of esters is 2. The van der Waals surface area contributed by atoms with E-state index in [1.54, 1.807) is 0 Å². The van der Waals surface area contributed by atoms with E-state index in [1.807, 2.05) is 0 Å². The highest BCUT2D eigenvalue weighted by atomic mass is 31.2. The first-order chi connectivity index (χ1) is 26.1. The van der Waals surface area contributed by atoms with E-state index in [4.69, 9.17) is 24.8 Å². The van der Waals surface area contributed by atoms with Gasteiger partial charge in [0.1, 0.15) is 12.6 Å². The molecule has 0 saturated heterocycles. The maximum Gasteiger partial charge on any atom is 0.472 e. The molecule has 0 heterocycles. The van der Waals surface area contributed by atoms with E-state index < -0.39 is 51.1 Å². The Bertz CT molecular complexity index is 979. The number of allylic oxidation sites excluding steroid dienone is 2. The Morgan fingerprint density at radius 3 is 1.35 bits per heavy atom. The summed E-state index contributed by atoms with van der Waals surface area (Å²) in [6, 6.07) is -1.52. The van der Waals surface area contributed by atoms with Gasteiger partial charge in [0.2, 0.25) is 0 Å². The molecular weight excluding hydrogens is 709 g/mol. The number of carboxylic acid groups (broad SMARTS) is 1. The van der Waals surface area contributed by atoms with E-state index in [0.717, 1.165) is 57.8 Å². The molecule has 3 atom stereocenters. The van der Waals surface area contributed by atoms with Gasteiger partial charge in [0.25, 0.3) is 0 Å². The summed E-state index contributed by atoms with van der Waals surface area (Å²) in [4.78, 5) is 45.9. The molecule has 318 valence electrons. The van der Waals surface area contributed by atoms with Crippen LogP contribution in [0.3, 0.4) is 0 Å². The number of phosphoric ester groups is 1. The highest BCUT2D eigenvalue weighted by Crippen LogP contribution is 2.43. The van der Waals surface area contributed by atoms with Crippen molar-refractivity contribution in [1.82, 2.24) is 0 Å². The fourth-order valence-corrected chi connectivity index (χ4v) is 6.84. The number of carbonyl (C=O) groups excluding carboxylic acids is 2. The zero-order valence-electron chi connectivity index (χ0n) is 34.3. The van der Waals surface area contributed by atoms with Crippen LogP contribution >= 0.6 is 7.82 Å². The largest absolute Gasteiger partial charge is 0.480 e. The van der Waals surface area contributed by atoms with Crippen LogP contribution in [0.15, 0.2) is 12.2 Å². The molecule has 0 aromatic rings. The van der Waals surface area contributed by atoms with Crippen LogP contribution in [0.25, 0.3) is 0 Å². The number of hydrogen-bond donors (Lipinski definition) is 3. The molecule has 0 rings (SSSR count). The molecule has 54 heavy (non-hydrogen) atoms. The molecular formula is C42H80NO10P. The molecule has 0 amide bonds. The molecule has 0 radical (unpaired) electrons. The smallest absolute Gasteiger partial charge is 0.472 e. The van der Waals surface area contributed by atoms with Gasteiger partial charge in [-0.1, -0.05) is 167 Å². The number of aliphatic carboxylic acids is 1. The van der Waals surface area contributed by atoms with Crippen LogP contribution in [0.2, 0.25) is 0 Å². The Kier molecular flexibility index (Phi) is 36.9. The Balaban J connectivity index is 4.36. The van der Waals surface area contributed by atoms with Crippen molar-refractivity contribution in [3.8, 4) is 0 Å². The molecule has 4 N–H and O–H groups in total. The van der Waals surface area contributed by atoms with Crippen LogP contribution in [-0.2, 0) is 37.5 Å². The maximum absolute atomic E-state index is 12.6. The monoisotopic (exact) mass is 790 g/mol. The summed E-state index contributed by atoms with van der Waals surface area (Å²) in [7, 11) is -4.71. The molecule has 12 heteroatoms. The fourth-order valence-electron chi connectivity index (χ4n) is 6.06. The molecule has 11 nitrogen and oxygen atoms in total. The minimum atomic E-state index is -4.71. The standard InChI is InChI=1S/C42H80NO10P/c1-3-5-7-9-11-13-15-17-19-20-22-24-26-28-30-32-34-41(45)53-38(36-51-54(48,49)52-37-39(43)42(46)47)35-50-40(44)33-31-29-27-25-23-21-18-16-14-12-10-8-6-4-2/h19-20,38-39H,3-18,21-37,43H2,1-2H3,(H,46,47)(H,48,49)/b20-19-. The van der Waals surface area contributed by atoms with E-state index in [9.17, 15) is 23.8 Å². The van der Waals surface area contributed by atoms with Gasteiger partial charge in [-0.05, 0) is 38.5 Å². The van der Waals surface area contributed by atoms with Crippen molar-refractivity contribution in [2.75, 3.05) is 19.8 Å². The lowest BCUT2D eigenvalue weighted by Crippen LogP contribution is -2.34. The number of carboxylic acids is 1. The zero-order chi connectivity index (χ0) is 40.0. The molecule has 0 aliphatic rings. The molecule has 0 spiro atoms. The van der Waals surface area contributed by atoms with Crippen LogP contribution in [0, 0.1) is 0 Å². The summed E-state index contributed by atoms with van der Waals surface area (Å²) in [5, 5.41) is 8.88.